The summed E-state index contributed by atoms with van der Waals surface area (Å²) in [5, 5.41) is 3.34. The SMILES string of the molecule is COc1ccccc1C1CNCCN1C(=O)COc1cccnc1. The van der Waals surface area contributed by atoms with E-state index < -0.39 is 0 Å². The lowest BCUT2D eigenvalue weighted by Crippen LogP contribution is -2.50. The average Bonchev–Trinajstić information content (AvgIpc) is 2.67. The molecule has 0 radical (unpaired) electrons. The van der Waals surface area contributed by atoms with Gasteiger partial charge in [-0.1, -0.05) is 18.2 Å². The molecule has 126 valence electrons. The number of nitrogens with one attached hydrogen (secondary N) is 1. The predicted octanol–water partition coefficient (Wildman–Crippen LogP) is 1.64. The van der Waals surface area contributed by atoms with Gasteiger partial charge >= 0.3 is 0 Å². The van der Waals surface area contributed by atoms with Gasteiger partial charge in [-0.05, 0) is 18.2 Å². The lowest BCUT2D eigenvalue weighted by atomic mass is 10.0. The lowest BCUT2D eigenvalue weighted by molar-refractivity contribution is -0.136. The van der Waals surface area contributed by atoms with E-state index in [0.29, 0.717) is 18.8 Å². The highest BCUT2D eigenvalue weighted by atomic mass is 16.5. The minimum atomic E-state index is -0.0695. The van der Waals surface area contributed by atoms with E-state index in [4.69, 9.17) is 9.47 Å². The molecule has 0 saturated carbocycles. The molecule has 6 nitrogen and oxygen atoms in total. The second kappa shape index (κ2) is 7.79. The Morgan fingerprint density at radius 1 is 1.33 bits per heavy atom. The first-order valence-corrected chi connectivity index (χ1v) is 7.95. The summed E-state index contributed by atoms with van der Waals surface area (Å²) in [6, 6.07) is 11.3. The van der Waals surface area contributed by atoms with Gasteiger partial charge in [0.05, 0.1) is 19.3 Å². The predicted molar refractivity (Wildman–Crippen MR) is 90.0 cm³/mol. The first kappa shape index (κ1) is 16.3. The van der Waals surface area contributed by atoms with Crippen molar-refractivity contribution in [2.75, 3.05) is 33.4 Å². The van der Waals surface area contributed by atoms with Gasteiger partial charge in [-0.25, -0.2) is 0 Å². The highest BCUT2D eigenvalue weighted by Crippen LogP contribution is 2.30. The van der Waals surface area contributed by atoms with Crippen LogP contribution in [-0.2, 0) is 4.79 Å². The second-order valence-electron chi connectivity index (χ2n) is 5.53. The van der Waals surface area contributed by atoms with Crippen molar-refractivity contribution in [3.63, 3.8) is 0 Å². The Labute approximate surface area is 141 Å². The van der Waals surface area contributed by atoms with Gasteiger partial charge in [-0.3, -0.25) is 9.78 Å². The Kier molecular flexibility index (Phi) is 5.28. The normalized spacial score (nSPS) is 17.4. The zero-order valence-electron chi connectivity index (χ0n) is 13.6. The van der Waals surface area contributed by atoms with Gasteiger partial charge in [0.1, 0.15) is 11.5 Å². The Balaban J connectivity index is 1.73. The van der Waals surface area contributed by atoms with E-state index in [2.05, 4.69) is 10.3 Å². The fourth-order valence-corrected chi connectivity index (χ4v) is 2.88. The van der Waals surface area contributed by atoms with E-state index in [1.807, 2.05) is 29.2 Å². The van der Waals surface area contributed by atoms with E-state index in [-0.39, 0.29) is 18.6 Å². The van der Waals surface area contributed by atoms with Crippen molar-refractivity contribution in [3.8, 4) is 11.5 Å². The number of ether oxygens (including phenoxy) is 2. The molecule has 2 heterocycles. The third kappa shape index (κ3) is 3.65. The van der Waals surface area contributed by atoms with Crippen molar-refractivity contribution in [2.45, 2.75) is 6.04 Å². The molecule has 1 N–H and O–H groups in total. The van der Waals surface area contributed by atoms with Gasteiger partial charge in [-0.2, -0.15) is 0 Å². The van der Waals surface area contributed by atoms with Crippen molar-refractivity contribution in [1.29, 1.82) is 0 Å². The molecule has 3 rings (SSSR count). The topological polar surface area (TPSA) is 63.7 Å². The molecule has 1 saturated heterocycles. The molecule has 24 heavy (non-hydrogen) atoms. The largest absolute Gasteiger partial charge is 0.496 e. The number of para-hydroxylation sites is 1. The van der Waals surface area contributed by atoms with Crippen LogP contribution in [0.25, 0.3) is 0 Å². The Hall–Kier alpha value is -2.60. The Bertz CT molecular complexity index is 678. The van der Waals surface area contributed by atoms with Gasteiger partial charge in [0.15, 0.2) is 6.61 Å². The summed E-state index contributed by atoms with van der Waals surface area (Å²) in [7, 11) is 1.65. The summed E-state index contributed by atoms with van der Waals surface area (Å²) in [6.45, 7) is 2.10. The minimum Gasteiger partial charge on any atom is -0.496 e. The van der Waals surface area contributed by atoms with E-state index in [1.165, 1.54) is 0 Å². The van der Waals surface area contributed by atoms with E-state index in [0.717, 1.165) is 17.9 Å². The first-order chi connectivity index (χ1) is 11.8. The first-order valence-electron chi connectivity index (χ1n) is 7.95. The summed E-state index contributed by atoms with van der Waals surface area (Å²) in [5.74, 6) is 1.34. The van der Waals surface area contributed by atoms with E-state index >= 15 is 0 Å². The molecule has 1 aliphatic rings. The molecule has 1 fully saturated rings. The van der Waals surface area contributed by atoms with Crippen molar-refractivity contribution in [1.82, 2.24) is 15.2 Å². The highest BCUT2D eigenvalue weighted by Gasteiger charge is 2.29. The van der Waals surface area contributed by atoms with Gasteiger partial charge < -0.3 is 19.7 Å². The number of carbonyl (C=O) groups excluding carboxylic acids is 1. The number of benzene rings is 1. The zero-order valence-corrected chi connectivity index (χ0v) is 13.6. The van der Waals surface area contributed by atoms with Crippen LogP contribution in [0.4, 0.5) is 0 Å². The van der Waals surface area contributed by atoms with Crippen LogP contribution in [0.1, 0.15) is 11.6 Å². The van der Waals surface area contributed by atoms with Crippen LogP contribution in [0, 0.1) is 0 Å². The van der Waals surface area contributed by atoms with Gasteiger partial charge in [0, 0.05) is 31.4 Å². The average molecular weight is 327 g/mol. The summed E-state index contributed by atoms with van der Waals surface area (Å²) in [4.78, 5) is 18.5. The number of piperazine rings is 1. The summed E-state index contributed by atoms with van der Waals surface area (Å²) >= 11 is 0. The minimum absolute atomic E-state index is 0.00264. The molecule has 1 aromatic carbocycles. The number of hydrogen-bond acceptors (Lipinski definition) is 5. The van der Waals surface area contributed by atoms with E-state index in [9.17, 15) is 4.79 Å². The van der Waals surface area contributed by atoms with Crippen LogP contribution < -0.4 is 14.8 Å². The molecule has 1 aliphatic heterocycles. The monoisotopic (exact) mass is 327 g/mol. The third-order valence-corrected chi connectivity index (χ3v) is 4.06. The fraction of sp³-hybridized carbons (Fsp3) is 0.333. The lowest BCUT2D eigenvalue weighted by Gasteiger charge is -2.37. The molecule has 1 atom stereocenters. The molecular formula is C18H21N3O3. The van der Waals surface area contributed by atoms with Crippen LogP contribution in [0.15, 0.2) is 48.8 Å². The number of aromatic nitrogens is 1. The van der Waals surface area contributed by atoms with Crippen molar-refractivity contribution in [3.05, 3.63) is 54.4 Å². The summed E-state index contributed by atoms with van der Waals surface area (Å²) in [6.07, 6.45) is 3.27. The highest BCUT2D eigenvalue weighted by molar-refractivity contribution is 5.78. The van der Waals surface area contributed by atoms with Crippen molar-refractivity contribution in [2.24, 2.45) is 0 Å². The molecule has 0 aliphatic carbocycles. The van der Waals surface area contributed by atoms with Crippen molar-refractivity contribution >= 4 is 5.91 Å². The second-order valence-corrected chi connectivity index (χ2v) is 5.53. The van der Waals surface area contributed by atoms with Crippen LogP contribution in [-0.4, -0.2) is 49.1 Å². The number of hydrogen-bond donors (Lipinski definition) is 1. The number of amides is 1. The fourth-order valence-electron chi connectivity index (χ4n) is 2.88. The van der Waals surface area contributed by atoms with Gasteiger partial charge in [-0.15, -0.1) is 0 Å². The smallest absolute Gasteiger partial charge is 0.261 e. The number of rotatable bonds is 5. The van der Waals surface area contributed by atoms with E-state index in [1.54, 1.807) is 31.6 Å². The van der Waals surface area contributed by atoms with Crippen molar-refractivity contribution < 1.29 is 14.3 Å². The third-order valence-electron chi connectivity index (χ3n) is 4.06. The zero-order chi connectivity index (χ0) is 16.8. The molecule has 0 bridgehead atoms. The van der Waals surface area contributed by atoms with Crippen LogP contribution in [0.5, 0.6) is 11.5 Å². The quantitative estimate of drug-likeness (QED) is 0.904. The molecule has 1 unspecified atom stereocenters. The summed E-state index contributed by atoms with van der Waals surface area (Å²) < 4.78 is 11.0. The number of nitrogens with zero attached hydrogens (tertiary/aromatic N) is 2. The van der Waals surface area contributed by atoms with Crippen LogP contribution >= 0.6 is 0 Å². The maximum absolute atomic E-state index is 12.7. The molecule has 1 amide bonds. The molecule has 2 aromatic rings. The number of carbonyl (C=O) groups is 1. The molecule has 6 heteroatoms. The number of methoxy groups -OCH3 is 1. The number of pyridine rings is 1. The maximum atomic E-state index is 12.7. The standard InChI is InChI=1S/C18H21N3O3/c1-23-17-7-3-2-6-15(17)16-12-20-9-10-21(16)18(22)13-24-14-5-4-8-19-11-14/h2-8,11,16,20H,9-10,12-13H2,1H3. The molecule has 1 aromatic heterocycles. The Morgan fingerprint density at radius 2 is 2.21 bits per heavy atom. The van der Waals surface area contributed by atoms with Gasteiger partial charge in [0.2, 0.25) is 0 Å². The summed E-state index contributed by atoms with van der Waals surface area (Å²) in [5.41, 5.74) is 1.00. The molecule has 0 spiro atoms. The van der Waals surface area contributed by atoms with Crippen LogP contribution in [0.2, 0.25) is 0 Å². The Morgan fingerprint density at radius 3 is 3.00 bits per heavy atom. The van der Waals surface area contributed by atoms with Crippen LogP contribution in [0.3, 0.4) is 0 Å². The van der Waals surface area contributed by atoms with Gasteiger partial charge in [0.25, 0.3) is 5.91 Å². The maximum Gasteiger partial charge on any atom is 0.261 e. The molecular weight excluding hydrogens is 306 g/mol.